The first-order chi connectivity index (χ1) is 10.0. The van der Waals surface area contributed by atoms with Crippen LogP contribution in [0.5, 0.6) is 0 Å². The SMILES string of the molecule is C[C@@H]1CCC[C@H](C)N1C(=O)C(Cc1ccccc1)C(N)=S. The normalized spacial score (nSPS) is 23.6. The van der Waals surface area contributed by atoms with Gasteiger partial charge in [0.1, 0.15) is 0 Å². The molecule has 2 N–H and O–H groups in total. The van der Waals surface area contributed by atoms with Crippen LogP contribution < -0.4 is 5.73 Å². The highest BCUT2D eigenvalue weighted by Gasteiger charge is 2.34. The minimum atomic E-state index is -0.398. The molecule has 3 nitrogen and oxygen atoms in total. The molecule has 0 aromatic heterocycles. The van der Waals surface area contributed by atoms with E-state index in [1.165, 1.54) is 6.42 Å². The second kappa shape index (κ2) is 7.03. The smallest absolute Gasteiger partial charge is 0.233 e. The van der Waals surface area contributed by atoms with E-state index in [1.807, 2.05) is 35.2 Å². The molecular weight excluding hydrogens is 280 g/mol. The number of thiocarbonyl (C=S) groups is 1. The summed E-state index contributed by atoms with van der Waals surface area (Å²) in [6.07, 6.45) is 3.89. The lowest BCUT2D eigenvalue weighted by molar-refractivity contribution is -0.139. The molecule has 1 fully saturated rings. The number of carbonyl (C=O) groups excluding carboxylic acids is 1. The minimum absolute atomic E-state index is 0.0889. The Morgan fingerprint density at radius 1 is 1.29 bits per heavy atom. The maximum atomic E-state index is 12.9. The third kappa shape index (κ3) is 3.82. The first-order valence-corrected chi connectivity index (χ1v) is 8.07. The van der Waals surface area contributed by atoms with E-state index in [0.29, 0.717) is 11.4 Å². The van der Waals surface area contributed by atoms with Crippen LogP contribution in [0.15, 0.2) is 30.3 Å². The molecule has 1 saturated heterocycles. The zero-order chi connectivity index (χ0) is 15.4. The van der Waals surface area contributed by atoms with Crippen LogP contribution in [-0.4, -0.2) is 27.9 Å². The molecule has 2 rings (SSSR count). The van der Waals surface area contributed by atoms with Gasteiger partial charge in [-0.25, -0.2) is 0 Å². The van der Waals surface area contributed by atoms with Crippen LogP contribution in [0.4, 0.5) is 0 Å². The van der Waals surface area contributed by atoms with Gasteiger partial charge in [0.05, 0.1) is 10.9 Å². The van der Waals surface area contributed by atoms with Gasteiger partial charge < -0.3 is 10.6 Å². The molecule has 1 unspecified atom stereocenters. The number of benzene rings is 1. The summed E-state index contributed by atoms with van der Waals surface area (Å²) in [7, 11) is 0. The molecule has 0 radical (unpaired) electrons. The fraction of sp³-hybridized carbons (Fsp3) is 0.529. The highest BCUT2D eigenvalue weighted by atomic mass is 32.1. The van der Waals surface area contributed by atoms with Gasteiger partial charge in [0.2, 0.25) is 5.91 Å². The number of piperidine rings is 1. The van der Waals surface area contributed by atoms with Crippen molar-refractivity contribution in [2.45, 2.75) is 51.6 Å². The Labute approximate surface area is 132 Å². The van der Waals surface area contributed by atoms with Crippen LogP contribution in [0.25, 0.3) is 0 Å². The van der Waals surface area contributed by atoms with E-state index < -0.39 is 5.92 Å². The number of rotatable bonds is 4. The monoisotopic (exact) mass is 304 g/mol. The Morgan fingerprint density at radius 3 is 2.38 bits per heavy atom. The second-order valence-electron chi connectivity index (χ2n) is 6.02. The molecule has 3 atom stereocenters. The topological polar surface area (TPSA) is 46.3 Å². The molecular formula is C17H24N2OS. The van der Waals surface area contributed by atoms with Crippen molar-refractivity contribution < 1.29 is 4.79 Å². The van der Waals surface area contributed by atoms with Crippen molar-refractivity contribution in [3.05, 3.63) is 35.9 Å². The van der Waals surface area contributed by atoms with Gasteiger partial charge in [0.25, 0.3) is 0 Å². The molecule has 21 heavy (non-hydrogen) atoms. The molecule has 1 aliphatic rings. The van der Waals surface area contributed by atoms with Crippen LogP contribution in [0.1, 0.15) is 38.7 Å². The standard InChI is InChI=1S/C17H24N2OS/c1-12-7-6-8-13(2)19(12)17(20)15(16(18)21)11-14-9-4-3-5-10-14/h3-5,9-10,12-13,15H,6-8,11H2,1-2H3,(H2,18,21)/t12-,13+,15?. The molecule has 0 saturated carbocycles. The Hall–Kier alpha value is -1.42. The third-order valence-corrected chi connectivity index (χ3v) is 4.66. The van der Waals surface area contributed by atoms with E-state index in [4.69, 9.17) is 18.0 Å². The second-order valence-corrected chi connectivity index (χ2v) is 6.49. The fourth-order valence-electron chi connectivity index (χ4n) is 3.20. The largest absolute Gasteiger partial charge is 0.393 e. The summed E-state index contributed by atoms with van der Waals surface area (Å²) in [6, 6.07) is 10.5. The molecule has 114 valence electrons. The van der Waals surface area contributed by atoms with Crippen molar-refractivity contribution in [3.63, 3.8) is 0 Å². The van der Waals surface area contributed by atoms with E-state index in [9.17, 15) is 4.79 Å². The molecule has 0 bridgehead atoms. The quantitative estimate of drug-likeness (QED) is 0.870. The zero-order valence-corrected chi connectivity index (χ0v) is 13.6. The summed E-state index contributed by atoms with van der Waals surface area (Å²) in [4.78, 5) is 15.2. The van der Waals surface area contributed by atoms with Crippen LogP contribution in [0.3, 0.4) is 0 Å². The van der Waals surface area contributed by atoms with Crippen molar-refractivity contribution in [2.24, 2.45) is 11.7 Å². The van der Waals surface area contributed by atoms with Gasteiger partial charge in [-0.3, -0.25) is 4.79 Å². The van der Waals surface area contributed by atoms with E-state index in [0.717, 1.165) is 18.4 Å². The summed E-state index contributed by atoms with van der Waals surface area (Å²) in [5.74, 6) is -0.309. The van der Waals surface area contributed by atoms with Gasteiger partial charge in [-0.2, -0.15) is 0 Å². The molecule has 0 spiro atoms. The Balaban J connectivity index is 2.17. The lowest BCUT2D eigenvalue weighted by atomic mass is 9.92. The van der Waals surface area contributed by atoms with Crippen LogP contribution in [0.2, 0.25) is 0 Å². The number of amides is 1. The number of nitrogens with zero attached hydrogens (tertiary/aromatic N) is 1. The Morgan fingerprint density at radius 2 is 1.86 bits per heavy atom. The molecule has 4 heteroatoms. The van der Waals surface area contributed by atoms with Crippen molar-refractivity contribution in [1.29, 1.82) is 0 Å². The van der Waals surface area contributed by atoms with Gasteiger partial charge in [-0.1, -0.05) is 42.5 Å². The average molecular weight is 304 g/mol. The maximum absolute atomic E-state index is 12.9. The summed E-state index contributed by atoms with van der Waals surface area (Å²) in [6.45, 7) is 4.24. The average Bonchev–Trinajstić information content (AvgIpc) is 2.45. The van der Waals surface area contributed by atoms with Crippen molar-refractivity contribution in [1.82, 2.24) is 4.90 Å². The minimum Gasteiger partial charge on any atom is -0.393 e. The van der Waals surface area contributed by atoms with Crippen molar-refractivity contribution in [2.75, 3.05) is 0 Å². The number of nitrogens with two attached hydrogens (primary N) is 1. The summed E-state index contributed by atoms with van der Waals surface area (Å²) < 4.78 is 0. The van der Waals surface area contributed by atoms with Crippen LogP contribution in [0, 0.1) is 5.92 Å². The Bertz CT molecular complexity index is 493. The Kier molecular flexibility index (Phi) is 5.34. The first kappa shape index (κ1) is 16.0. The number of hydrogen-bond acceptors (Lipinski definition) is 2. The highest BCUT2D eigenvalue weighted by molar-refractivity contribution is 7.80. The molecule has 1 aromatic carbocycles. The molecule has 1 aromatic rings. The zero-order valence-electron chi connectivity index (χ0n) is 12.8. The fourth-order valence-corrected chi connectivity index (χ4v) is 3.38. The summed E-state index contributed by atoms with van der Waals surface area (Å²) in [5.41, 5.74) is 6.97. The van der Waals surface area contributed by atoms with Gasteiger partial charge in [-0.15, -0.1) is 0 Å². The maximum Gasteiger partial charge on any atom is 0.233 e. The lowest BCUT2D eigenvalue weighted by Gasteiger charge is -2.40. The van der Waals surface area contributed by atoms with Gasteiger partial charge >= 0.3 is 0 Å². The van der Waals surface area contributed by atoms with E-state index in [1.54, 1.807) is 0 Å². The number of hydrogen-bond donors (Lipinski definition) is 1. The van der Waals surface area contributed by atoms with Gasteiger partial charge in [0, 0.05) is 12.1 Å². The third-order valence-electron chi connectivity index (χ3n) is 4.37. The summed E-state index contributed by atoms with van der Waals surface area (Å²) in [5, 5.41) is 0. The molecule has 1 aliphatic heterocycles. The van der Waals surface area contributed by atoms with Gasteiger partial charge in [-0.05, 0) is 45.1 Å². The highest BCUT2D eigenvalue weighted by Crippen LogP contribution is 2.25. The van der Waals surface area contributed by atoms with E-state index in [2.05, 4.69) is 13.8 Å². The van der Waals surface area contributed by atoms with E-state index in [-0.39, 0.29) is 18.0 Å². The van der Waals surface area contributed by atoms with Crippen LogP contribution in [-0.2, 0) is 11.2 Å². The lowest BCUT2D eigenvalue weighted by Crippen LogP contribution is -2.52. The predicted molar refractivity (Wildman–Crippen MR) is 90.0 cm³/mol. The summed E-state index contributed by atoms with van der Waals surface area (Å²) >= 11 is 5.17. The van der Waals surface area contributed by atoms with Crippen molar-refractivity contribution in [3.8, 4) is 0 Å². The van der Waals surface area contributed by atoms with Crippen LogP contribution >= 0.6 is 12.2 Å². The molecule has 1 heterocycles. The number of likely N-dealkylation sites (tertiary alicyclic amines) is 1. The number of carbonyl (C=O) groups is 1. The molecule has 0 aliphatic carbocycles. The van der Waals surface area contributed by atoms with Crippen molar-refractivity contribution >= 4 is 23.1 Å². The predicted octanol–water partition coefficient (Wildman–Crippen LogP) is 2.92. The van der Waals surface area contributed by atoms with Gasteiger partial charge in [0.15, 0.2) is 0 Å². The first-order valence-electron chi connectivity index (χ1n) is 7.66. The molecule has 1 amide bonds. The van der Waals surface area contributed by atoms with E-state index >= 15 is 0 Å².